The van der Waals surface area contributed by atoms with Crippen LogP contribution >= 0.6 is 23.4 Å². The van der Waals surface area contributed by atoms with Gasteiger partial charge in [-0.15, -0.1) is 0 Å². The fraction of sp³-hybridized carbons (Fsp3) is 0.478. The highest BCUT2D eigenvalue weighted by Crippen LogP contribution is 2.35. The molecule has 0 spiro atoms. The maximum absolute atomic E-state index is 13.2. The first kappa shape index (κ1) is 23.2. The van der Waals surface area contributed by atoms with Gasteiger partial charge in [-0.25, -0.2) is 4.68 Å². The molecule has 9 nitrogen and oxygen atoms in total. The average molecular weight is 504 g/mol. The normalized spacial score (nSPS) is 21.7. The van der Waals surface area contributed by atoms with Gasteiger partial charge in [0.15, 0.2) is 0 Å². The molecular weight excluding hydrogens is 478 g/mol. The van der Waals surface area contributed by atoms with Crippen LogP contribution < -0.4 is 15.5 Å². The minimum absolute atomic E-state index is 0.0144. The van der Waals surface area contributed by atoms with Gasteiger partial charge in [-0.05, 0) is 37.1 Å². The van der Waals surface area contributed by atoms with Gasteiger partial charge in [-0.3, -0.25) is 14.4 Å². The summed E-state index contributed by atoms with van der Waals surface area (Å²) in [6.07, 6.45) is 2.15. The topological polar surface area (TPSA) is 106 Å². The Hall–Kier alpha value is -2.56. The van der Waals surface area contributed by atoms with Crippen LogP contribution in [0.4, 0.5) is 11.5 Å². The van der Waals surface area contributed by atoms with Crippen LogP contribution in [-0.4, -0.2) is 53.3 Å². The molecule has 3 amide bonds. The van der Waals surface area contributed by atoms with E-state index in [1.165, 1.54) is 0 Å². The third-order valence-corrected chi connectivity index (χ3v) is 7.56. The van der Waals surface area contributed by atoms with Crippen LogP contribution in [0.25, 0.3) is 0 Å². The predicted molar refractivity (Wildman–Crippen MR) is 130 cm³/mol. The number of carbonyl (C=O) groups excluding carboxylic acids is 3. The Balaban J connectivity index is 1.25. The summed E-state index contributed by atoms with van der Waals surface area (Å²) >= 11 is 7.67. The van der Waals surface area contributed by atoms with E-state index in [4.69, 9.17) is 16.3 Å². The predicted octanol–water partition coefficient (Wildman–Crippen LogP) is 2.57. The molecule has 2 aromatic rings. The number of anilines is 2. The first-order valence-corrected chi connectivity index (χ1v) is 12.9. The lowest BCUT2D eigenvalue weighted by Gasteiger charge is -2.17. The number of carbonyl (C=O) groups is 3. The summed E-state index contributed by atoms with van der Waals surface area (Å²) in [6, 6.07) is 6.99. The van der Waals surface area contributed by atoms with Crippen LogP contribution in [0.2, 0.25) is 5.02 Å². The molecule has 0 radical (unpaired) electrons. The fourth-order valence-corrected chi connectivity index (χ4v) is 5.68. The number of halogens is 1. The van der Waals surface area contributed by atoms with Crippen LogP contribution in [0.15, 0.2) is 24.3 Å². The molecular formula is C23H26ClN5O4S. The molecule has 0 bridgehead atoms. The smallest absolute Gasteiger partial charge is 0.241 e. The highest BCUT2D eigenvalue weighted by molar-refractivity contribution is 7.98. The third kappa shape index (κ3) is 4.94. The third-order valence-electron chi connectivity index (χ3n) is 6.34. The number of amides is 3. The number of hydrogen-bond acceptors (Lipinski definition) is 6. The van der Waals surface area contributed by atoms with Crippen molar-refractivity contribution in [3.8, 4) is 0 Å². The lowest BCUT2D eigenvalue weighted by molar-refractivity contribution is -0.123. The molecule has 3 aliphatic rings. The van der Waals surface area contributed by atoms with Crippen molar-refractivity contribution in [1.82, 2.24) is 15.1 Å². The van der Waals surface area contributed by atoms with Gasteiger partial charge >= 0.3 is 0 Å². The van der Waals surface area contributed by atoms with Crippen molar-refractivity contribution in [2.75, 3.05) is 29.9 Å². The number of nitrogens with one attached hydrogen (secondary N) is 2. The van der Waals surface area contributed by atoms with Crippen molar-refractivity contribution in [2.45, 2.75) is 43.4 Å². The standard InChI is InChI=1S/C23H26ClN5O4S/c24-15-3-5-16(6-4-15)28-10-14(8-21(28)31)23(32)26-22-18-12-34-13-19(18)27-29(22)11-20(30)25-9-17-2-1-7-33-17/h3-6,14,17H,1-2,7-13H2,(H,25,30)(H,26,32). The minimum Gasteiger partial charge on any atom is -0.376 e. The van der Waals surface area contributed by atoms with Gasteiger partial charge in [0.1, 0.15) is 12.4 Å². The molecule has 0 saturated carbocycles. The molecule has 2 atom stereocenters. The second-order valence-electron chi connectivity index (χ2n) is 8.73. The van der Waals surface area contributed by atoms with Crippen molar-refractivity contribution in [1.29, 1.82) is 0 Å². The van der Waals surface area contributed by atoms with Crippen molar-refractivity contribution in [2.24, 2.45) is 5.92 Å². The average Bonchev–Trinajstić information content (AvgIpc) is 3.60. The van der Waals surface area contributed by atoms with Crippen LogP contribution in [0, 0.1) is 5.92 Å². The summed E-state index contributed by atoms with van der Waals surface area (Å²) in [6.45, 7) is 1.52. The van der Waals surface area contributed by atoms with Crippen LogP contribution in [0.1, 0.15) is 30.5 Å². The number of fused-ring (bicyclic) bond motifs is 1. The van der Waals surface area contributed by atoms with Gasteiger partial charge < -0.3 is 20.3 Å². The van der Waals surface area contributed by atoms with E-state index in [-0.39, 0.29) is 36.8 Å². The summed E-state index contributed by atoms with van der Waals surface area (Å²) in [5.41, 5.74) is 2.55. The quantitative estimate of drug-likeness (QED) is 0.601. The molecule has 180 valence electrons. The van der Waals surface area contributed by atoms with E-state index in [1.54, 1.807) is 45.6 Å². The summed E-state index contributed by atoms with van der Waals surface area (Å²) in [4.78, 5) is 39.9. The zero-order valence-corrected chi connectivity index (χ0v) is 20.2. The molecule has 2 unspecified atom stereocenters. The van der Waals surface area contributed by atoms with Gasteiger partial charge in [-0.1, -0.05) is 11.6 Å². The number of hydrogen-bond donors (Lipinski definition) is 2. The van der Waals surface area contributed by atoms with Crippen molar-refractivity contribution in [3.05, 3.63) is 40.5 Å². The minimum atomic E-state index is -0.496. The van der Waals surface area contributed by atoms with E-state index in [1.807, 2.05) is 0 Å². The number of nitrogens with zero attached hydrogens (tertiary/aromatic N) is 3. The SMILES string of the molecule is O=C(Cn1nc2c(c1NC(=O)C1CC(=O)N(c3ccc(Cl)cc3)C1)CSC2)NCC1CCCO1. The van der Waals surface area contributed by atoms with Crippen LogP contribution in [-0.2, 0) is 37.2 Å². The largest absolute Gasteiger partial charge is 0.376 e. The molecule has 1 aromatic carbocycles. The molecule has 2 saturated heterocycles. The maximum Gasteiger partial charge on any atom is 0.241 e. The first-order valence-electron chi connectivity index (χ1n) is 11.4. The second kappa shape index (κ2) is 9.97. The molecule has 34 heavy (non-hydrogen) atoms. The maximum atomic E-state index is 13.2. The van der Waals surface area contributed by atoms with Crippen molar-refractivity contribution >= 4 is 52.6 Å². The number of thioether (sulfide) groups is 1. The fourth-order valence-electron chi connectivity index (χ4n) is 4.52. The summed E-state index contributed by atoms with van der Waals surface area (Å²) in [5.74, 6) is 0.998. The van der Waals surface area contributed by atoms with E-state index in [9.17, 15) is 14.4 Å². The molecule has 2 N–H and O–H groups in total. The van der Waals surface area contributed by atoms with E-state index < -0.39 is 5.92 Å². The van der Waals surface area contributed by atoms with E-state index in [0.717, 1.165) is 47.9 Å². The van der Waals surface area contributed by atoms with Gasteiger partial charge in [0, 0.05) is 53.9 Å². The number of benzene rings is 1. The highest BCUT2D eigenvalue weighted by Gasteiger charge is 2.36. The van der Waals surface area contributed by atoms with Crippen LogP contribution in [0.5, 0.6) is 0 Å². The highest BCUT2D eigenvalue weighted by atomic mass is 35.5. The lowest BCUT2D eigenvalue weighted by Crippen LogP contribution is -2.35. The van der Waals surface area contributed by atoms with Crippen LogP contribution in [0.3, 0.4) is 0 Å². The Morgan fingerprint density at radius 2 is 2.06 bits per heavy atom. The Morgan fingerprint density at radius 1 is 1.24 bits per heavy atom. The first-order chi connectivity index (χ1) is 16.5. The van der Waals surface area contributed by atoms with E-state index in [0.29, 0.717) is 23.9 Å². The Morgan fingerprint density at radius 3 is 2.82 bits per heavy atom. The van der Waals surface area contributed by atoms with Crippen molar-refractivity contribution in [3.63, 3.8) is 0 Å². The van der Waals surface area contributed by atoms with Gasteiger partial charge in [0.05, 0.1) is 17.7 Å². The van der Waals surface area contributed by atoms with E-state index >= 15 is 0 Å². The number of rotatable bonds is 7. The number of aromatic nitrogens is 2. The second-order valence-corrected chi connectivity index (χ2v) is 10.2. The molecule has 4 heterocycles. The Bertz CT molecular complexity index is 1100. The Labute approximate surface area is 206 Å². The summed E-state index contributed by atoms with van der Waals surface area (Å²) < 4.78 is 7.13. The lowest BCUT2D eigenvalue weighted by atomic mass is 10.1. The zero-order chi connectivity index (χ0) is 23.7. The Kier molecular flexibility index (Phi) is 6.80. The van der Waals surface area contributed by atoms with Crippen molar-refractivity contribution < 1.29 is 19.1 Å². The monoisotopic (exact) mass is 503 g/mol. The number of ether oxygens (including phenoxy) is 1. The summed E-state index contributed by atoms with van der Waals surface area (Å²) in [5, 5.41) is 11.0. The van der Waals surface area contributed by atoms with Gasteiger partial charge in [0.25, 0.3) is 0 Å². The summed E-state index contributed by atoms with van der Waals surface area (Å²) in [7, 11) is 0. The van der Waals surface area contributed by atoms with Gasteiger partial charge in [0.2, 0.25) is 17.7 Å². The molecule has 0 aliphatic carbocycles. The molecule has 11 heteroatoms. The van der Waals surface area contributed by atoms with Gasteiger partial charge in [-0.2, -0.15) is 16.9 Å². The molecule has 2 fully saturated rings. The molecule has 5 rings (SSSR count). The van der Waals surface area contributed by atoms with E-state index in [2.05, 4.69) is 15.7 Å². The zero-order valence-electron chi connectivity index (χ0n) is 18.6. The molecule has 3 aliphatic heterocycles. The molecule has 1 aromatic heterocycles.